The first-order valence-corrected chi connectivity index (χ1v) is 6.29. The van der Waals surface area contributed by atoms with Gasteiger partial charge in [0.2, 0.25) is 0 Å². The Kier molecular flexibility index (Phi) is 2.95. The van der Waals surface area contributed by atoms with Gasteiger partial charge in [0, 0.05) is 11.8 Å². The van der Waals surface area contributed by atoms with Crippen molar-refractivity contribution in [2.24, 2.45) is 0 Å². The van der Waals surface area contributed by atoms with Gasteiger partial charge in [0.15, 0.2) is 11.4 Å². The third-order valence-corrected chi connectivity index (χ3v) is 3.12. The standard InChI is InChI=1S/C15H13N3O2/c1-11-5-4-6-12(9-11)13(19)10-18-15(20)17-8-3-2-7-14(17)16-18/h2-9H,10H2,1H3. The maximum atomic E-state index is 12.2. The zero-order valence-corrected chi connectivity index (χ0v) is 11.0. The number of benzene rings is 1. The first-order chi connectivity index (χ1) is 9.65. The highest BCUT2D eigenvalue weighted by Crippen LogP contribution is 2.06. The van der Waals surface area contributed by atoms with E-state index in [-0.39, 0.29) is 18.0 Å². The molecule has 0 spiro atoms. The lowest BCUT2D eigenvalue weighted by Gasteiger charge is -2.01. The Hall–Kier alpha value is -2.69. The predicted octanol–water partition coefficient (Wildman–Crippen LogP) is 1.69. The third kappa shape index (κ3) is 2.14. The first-order valence-electron chi connectivity index (χ1n) is 6.29. The lowest BCUT2D eigenvalue weighted by molar-refractivity contribution is 0.0966. The molecule has 20 heavy (non-hydrogen) atoms. The fraction of sp³-hybridized carbons (Fsp3) is 0.133. The number of carbonyl (C=O) groups excluding carboxylic acids is 1. The molecule has 0 unspecified atom stereocenters. The highest BCUT2D eigenvalue weighted by atomic mass is 16.2. The van der Waals surface area contributed by atoms with E-state index in [0.717, 1.165) is 5.56 Å². The molecule has 0 aliphatic rings. The number of pyridine rings is 1. The van der Waals surface area contributed by atoms with Gasteiger partial charge in [-0.25, -0.2) is 9.48 Å². The van der Waals surface area contributed by atoms with Crippen LogP contribution >= 0.6 is 0 Å². The molecule has 3 aromatic rings. The van der Waals surface area contributed by atoms with Gasteiger partial charge in [0.1, 0.15) is 6.54 Å². The minimum Gasteiger partial charge on any atom is -0.292 e. The van der Waals surface area contributed by atoms with Crippen LogP contribution in [0.4, 0.5) is 0 Å². The van der Waals surface area contributed by atoms with Crippen molar-refractivity contribution in [3.63, 3.8) is 0 Å². The highest BCUT2D eigenvalue weighted by molar-refractivity contribution is 5.96. The van der Waals surface area contributed by atoms with Crippen LogP contribution in [0.2, 0.25) is 0 Å². The molecule has 0 bridgehead atoms. The topological polar surface area (TPSA) is 56.4 Å². The predicted molar refractivity (Wildman–Crippen MR) is 75.0 cm³/mol. The van der Waals surface area contributed by atoms with Gasteiger partial charge in [-0.15, -0.1) is 5.10 Å². The number of hydrogen-bond donors (Lipinski definition) is 0. The van der Waals surface area contributed by atoms with Crippen LogP contribution in [0.15, 0.2) is 53.5 Å². The second kappa shape index (κ2) is 4.77. The molecule has 0 atom stereocenters. The van der Waals surface area contributed by atoms with Crippen LogP contribution in [0.25, 0.3) is 5.65 Å². The molecule has 0 aliphatic carbocycles. The zero-order valence-electron chi connectivity index (χ0n) is 11.0. The van der Waals surface area contributed by atoms with Gasteiger partial charge in [0.05, 0.1) is 0 Å². The molecule has 100 valence electrons. The van der Waals surface area contributed by atoms with Crippen molar-refractivity contribution in [2.75, 3.05) is 0 Å². The number of aromatic nitrogens is 3. The minimum atomic E-state index is -0.304. The van der Waals surface area contributed by atoms with Gasteiger partial charge >= 0.3 is 5.69 Å². The molecule has 0 fully saturated rings. The molecule has 0 saturated carbocycles. The second-order valence-corrected chi connectivity index (χ2v) is 4.66. The fourth-order valence-corrected chi connectivity index (χ4v) is 2.12. The number of Topliss-reactive ketones (excluding diaryl/α,β-unsaturated/α-hetero) is 1. The monoisotopic (exact) mass is 267 g/mol. The largest absolute Gasteiger partial charge is 0.350 e. The van der Waals surface area contributed by atoms with Crippen LogP contribution < -0.4 is 5.69 Å². The minimum absolute atomic E-state index is 0.0516. The lowest BCUT2D eigenvalue weighted by atomic mass is 10.1. The number of fused-ring (bicyclic) bond motifs is 1. The lowest BCUT2D eigenvalue weighted by Crippen LogP contribution is -2.25. The van der Waals surface area contributed by atoms with E-state index >= 15 is 0 Å². The molecule has 0 amide bonds. The Balaban J connectivity index is 1.95. The van der Waals surface area contributed by atoms with E-state index in [2.05, 4.69) is 5.10 Å². The summed E-state index contributed by atoms with van der Waals surface area (Å²) in [5, 5.41) is 4.15. The van der Waals surface area contributed by atoms with Crippen molar-refractivity contribution in [1.82, 2.24) is 14.2 Å². The molecule has 5 nitrogen and oxygen atoms in total. The van der Waals surface area contributed by atoms with Gasteiger partial charge in [-0.3, -0.25) is 9.20 Å². The average Bonchev–Trinajstić information content (AvgIpc) is 2.76. The summed E-state index contributed by atoms with van der Waals surface area (Å²) in [4.78, 5) is 24.3. The fourth-order valence-electron chi connectivity index (χ4n) is 2.12. The summed E-state index contributed by atoms with van der Waals surface area (Å²) in [6, 6.07) is 12.6. The summed E-state index contributed by atoms with van der Waals surface area (Å²) in [5.41, 5.74) is 1.84. The molecular formula is C15H13N3O2. The van der Waals surface area contributed by atoms with E-state index in [9.17, 15) is 9.59 Å². The molecular weight excluding hydrogens is 254 g/mol. The molecule has 3 rings (SSSR count). The van der Waals surface area contributed by atoms with Gasteiger partial charge in [0.25, 0.3) is 0 Å². The molecule has 1 aromatic carbocycles. The van der Waals surface area contributed by atoms with E-state index in [0.29, 0.717) is 11.2 Å². The number of aryl methyl sites for hydroxylation is 1. The van der Waals surface area contributed by atoms with Crippen LogP contribution in [-0.4, -0.2) is 20.0 Å². The van der Waals surface area contributed by atoms with Gasteiger partial charge in [-0.1, -0.05) is 29.8 Å². The number of ketones is 1. The normalized spacial score (nSPS) is 10.8. The summed E-state index contributed by atoms with van der Waals surface area (Å²) in [6.07, 6.45) is 1.64. The maximum absolute atomic E-state index is 12.2. The van der Waals surface area contributed by atoms with E-state index in [4.69, 9.17) is 0 Å². The van der Waals surface area contributed by atoms with E-state index < -0.39 is 0 Å². The van der Waals surface area contributed by atoms with Crippen molar-refractivity contribution in [2.45, 2.75) is 13.5 Å². The smallest absolute Gasteiger partial charge is 0.292 e. The Bertz CT molecular complexity index is 845. The number of carbonyl (C=O) groups is 1. The van der Waals surface area contributed by atoms with Crippen LogP contribution in [0.1, 0.15) is 15.9 Å². The van der Waals surface area contributed by atoms with Crippen LogP contribution in [0.3, 0.4) is 0 Å². The Morgan fingerprint density at radius 2 is 2.05 bits per heavy atom. The number of hydrogen-bond acceptors (Lipinski definition) is 3. The summed E-state index contributed by atoms with van der Waals surface area (Å²) in [7, 11) is 0. The second-order valence-electron chi connectivity index (χ2n) is 4.66. The SMILES string of the molecule is Cc1cccc(C(=O)Cn2nc3ccccn3c2=O)c1. The molecule has 0 N–H and O–H groups in total. The molecule has 2 heterocycles. The molecule has 2 aromatic heterocycles. The van der Waals surface area contributed by atoms with Crippen molar-refractivity contribution in [1.29, 1.82) is 0 Å². The quantitative estimate of drug-likeness (QED) is 0.678. The Labute approximate surface area is 115 Å². The Morgan fingerprint density at radius 3 is 2.80 bits per heavy atom. The Morgan fingerprint density at radius 1 is 1.20 bits per heavy atom. The molecule has 0 saturated heterocycles. The van der Waals surface area contributed by atoms with Crippen molar-refractivity contribution in [3.8, 4) is 0 Å². The molecule has 5 heteroatoms. The zero-order chi connectivity index (χ0) is 14.1. The van der Waals surface area contributed by atoms with Crippen LogP contribution in [0.5, 0.6) is 0 Å². The van der Waals surface area contributed by atoms with E-state index in [1.807, 2.05) is 25.1 Å². The summed E-state index contributed by atoms with van der Waals surface area (Å²) in [5.74, 6) is -0.126. The van der Waals surface area contributed by atoms with E-state index in [1.54, 1.807) is 30.5 Å². The van der Waals surface area contributed by atoms with Crippen LogP contribution in [0, 0.1) is 6.92 Å². The van der Waals surface area contributed by atoms with Crippen molar-refractivity contribution < 1.29 is 4.79 Å². The van der Waals surface area contributed by atoms with Crippen molar-refractivity contribution in [3.05, 3.63) is 70.3 Å². The van der Waals surface area contributed by atoms with Gasteiger partial charge in [-0.05, 0) is 25.1 Å². The number of nitrogens with zero attached hydrogens (tertiary/aromatic N) is 3. The molecule has 0 radical (unpaired) electrons. The first kappa shape index (κ1) is 12.3. The van der Waals surface area contributed by atoms with Crippen LogP contribution in [-0.2, 0) is 6.54 Å². The van der Waals surface area contributed by atoms with Gasteiger partial charge < -0.3 is 0 Å². The third-order valence-electron chi connectivity index (χ3n) is 3.12. The summed E-state index contributed by atoms with van der Waals surface area (Å²) >= 11 is 0. The summed E-state index contributed by atoms with van der Waals surface area (Å²) in [6.45, 7) is 1.87. The highest BCUT2D eigenvalue weighted by Gasteiger charge is 2.12. The molecule has 0 aliphatic heterocycles. The summed E-state index contributed by atoms with van der Waals surface area (Å²) < 4.78 is 2.61. The van der Waals surface area contributed by atoms with Gasteiger partial charge in [-0.2, -0.15) is 0 Å². The van der Waals surface area contributed by atoms with Crippen molar-refractivity contribution >= 4 is 11.4 Å². The number of rotatable bonds is 3. The van der Waals surface area contributed by atoms with E-state index in [1.165, 1.54) is 9.08 Å². The maximum Gasteiger partial charge on any atom is 0.350 e. The average molecular weight is 267 g/mol.